The van der Waals surface area contributed by atoms with Crippen molar-refractivity contribution in [3.63, 3.8) is 0 Å². The van der Waals surface area contributed by atoms with Crippen LogP contribution in [0.1, 0.15) is 37.7 Å². The van der Waals surface area contributed by atoms with Crippen LogP contribution >= 0.6 is 11.6 Å². The summed E-state index contributed by atoms with van der Waals surface area (Å²) in [5.74, 6) is -0.109. The molecule has 1 aromatic heterocycles. The summed E-state index contributed by atoms with van der Waals surface area (Å²) < 4.78 is 69.4. The Morgan fingerprint density at radius 3 is 2.33 bits per heavy atom. The molecule has 2 aromatic carbocycles. The van der Waals surface area contributed by atoms with Gasteiger partial charge in [0.1, 0.15) is 9.92 Å². The first-order valence-electron chi connectivity index (χ1n) is 14.2. The Hall–Kier alpha value is -3.13. The number of halogens is 4. The molecule has 0 amide bonds. The Bertz CT molecular complexity index is 1540. The fourth-order valence-corrected chi connectivity index (χ4v) is 6.78. The molecule has 5 rings (SSSR count). The van der Waals surface area contributed by atoms with Crippen LogP contribution in [-0.2, 0) is 16.2 Å². The SMILES string of the molecule is CN(C)S(=O)(=O)c1ccccc1Nc1nc(Nc2ccc(N3CCC(N4CCCCC4)CC3)cc2C(F)(F)F)ncc1Cl. The summed E-state index contributed by atoms with van der Waals surface area (Å²) in [7, 11) is -0.987. The molecular weight excluding hydrogens is 603 g/mol. The Morgan fingerprint density at radius 2 is 1.65 bits per heavy atom. The minimum Gasteiger partial charge on any atom is -0.371 e. The molecule has 14 heteroatoms. The summed E-state index contributed by atoms with van der Waals surface area (Å²) in [4.78, 5) is 12.9. The fraction of sp³-hybridized carbons (Fsp3) is 0.448. The van der Waals surface area contributed by atoms with Gasteiger partial charge in [0, 0.05) is 38.9 Å². The van der Waals surface area contributed by atoms with Crippen LogP contribution in [-0.4, -0.2) is 73.9 Å². The number of nitrogens with one attached hydrogen (secondary N) is 2. The quantitative estimate of drug-likeness (QED) is 0.296. The number of para-hydroxylation sites is 1. The molecule has 0 unspecified atom stereocenters. The average Bonchev–Trinajstić information content (AvgIpc) is 2.99. The summed E-state index contributed by atoms with van der Waals surface area (Å²) in [6.45, 7) is 3.61. The molecule has 0 saturated carbocycles. The highest BCUT2D eigenvalue weighted by atomic mass is 35.5. The van der Waals surface area contributed by atoms with Crippen LogP contribution in [0, 0.1) is 0 Å². The standard InChI is InChI=1S/C29H35ClF3N7O2S/c1-38(2)43(41,42)26-9-5-4-8-25(26)35-27-23(30)19-34-28(37-27)36-24-11-10-21(18-22(24)29(31,32)33)40-16-12-20(13-17-40)39-14-6-3-7-15-39/h4-5,8-11,18-20H,3,6-7,12-17H2,1-2H3,(H2,34,35,36,37). The van der Waals surface area contributed by atoms with E-state index >= 15 is 0 Å². The molecule has 0 spiro atoms. The van der Waals surface area contributed by atoms with E-state index in [-0.39, 0.29) is 33.1 Å². The van der Waals surface area contributed by atoms with E-state index in [1.54, 1.807) is 18.2 Å². The molecule has 2 fully saturated rings. The number of benzene rings is 2. The first-order valence-corrected chi connectivity index (χ1v) is 16.0. The topological polar surface area (TPSA) is 93.7 Å². The number of piperidine rings is 2. The Kier molecular flexibility index (Phi) is 9.35. The second kappa shape index (κ2) is 12.8. The van der Waals surface area contributed by atoms with Crippen molar-refractivity contribution < 1.29 is 21.6 Å². The number of rotatable bonds is 8. The molecule has 43 heavy (non-hydrogen) atoms. The van der Waals surface area contributed by atoms with Gasteiger partial charge in [-0.3, -0.25) is 0 Å². The lowest BCUT2D eigenvalue weighted by molar-refractivity contribution is -0.136. The maximum Gasteiger partial charge on any atom is 0.418 e. The zero-order valence-electron chi connectivity index (χ0n) is 24.0. The number of hydrogen-bond acceptors (Lipinski definition) is 8. The second-order valence-corrected chi connectivity index (χ2v) is 13.5. The van der Waals surface area contributed by atoms with E-state index in [2.05, 4.69) is 25.5 Å². The van der Waals surface area contributed by atoms with Crippen molar-refractivity contribution in [3.05, 3.63) is 59.2 Å². The van der Waals surface area contributed by atoms with Gasteiger partial charge >= 0.3 is 6.18 Å². The number of sulfonamides is 1. The van der Waals surface area contributed by atoms with Crippen molar-refractivity contribution in [2.45, 2.75) is 49.2 Å². The van der Waals surface area contributed by atoms with Crippen LogP contribution in [0.3, 0.4) is 0 Å². The van der Waals surface area contributed by atoms with Crippen LogP contribution in [0.5, 0.6) is 0 Å². The molecule has 0 atom stereocenters. The van der Waals surface area contributed by atoms with E-state index in [0.717, 1.165) is 30.2 Å². The van der Waals surface area contributed by atoms with Crippen molar-refractivity contribution in [2.24, 2.45) is 0 Å². The molecule has 9 nitrogen and oxygen atoms in total. The first kappa shape index (κ1) is 31.3. The van der Waals surface area contributed by atoms with Gasteiger partial charge in [-0.2, -0.15) is 18.2 Å². The number of aromatic nitrogens is 2. The summed E-state index contributed by atoms with van der Waals surface area (Å²) in [5.41, 5.74) is -0.317. The lowest BCUT2D eigenvalue weighted by atomic mass is 9.99. The van der Waals surface area contributed by atoms with Crippen molar-refractivity contribution in [1.82, 2.24) is 19.2 Å². The molecule has 0 aliphatic carbocycles. The van der Waals surface area contributed by atoms with Gasteiger partial charge in [-0.15, -0.1) is 0 Å². The van der Waals surface area contributed by atoms with Crippen molar-refractivity contribution >= 4 is 50.5 Å². The maximum atomic E-state index is 14.3. The van der Waals surface area contributed by atoms with E-state index in [1.807, 2.05) is 4.90 Å². The van der Waals surface area contributed by atoms with Crippen LogP contribution in [0.25, 0.3) is 0 Å². The smallest absolute Gasteiger partial charge is 0.371 e. The van der Waals surface area contributed by atoms with Gasteiger partial charge < -0.3 is 20.4 Å². The van der Waals surface area contributed by atoms with Gasteiger partial charge in [-0.1, -0.05) is 30.2 Å². The molecule has 2 aliphatic heterocycles. The van der Waals surface area contributed by atoms with E-state index < -0.39 is 21.8 Å². The molecule has 2 N–H and O–H groups in total. The highest BCUT2D eigenvalue weighted by Crippen LogP contribution is 2.39. The van der Waals surface area contributed by atoms with E-state index in [1.165, 1.54) is 63.8 Å². The third-order valence-corrected chi connectivity index (χ3v) is 10.1. The highest BCUT2D eigenvalue weighted by molar-refractivity contribution is 7.89. The summed E-state index contributed by atoms with van der Waals surface area (Å²) in [5, 5.41) is 5.63. The maximum absolute atomic E-state index is 14.3. The van der Waals surface area contributed by atoms with E-state index in [4.69, 9.17) is 11.6 Å². The zero-order valence-corrected chi connectivity index (χ0v) is 25.6. The van der Waals surface area contributed by atoms with Gasteiger partial charge in [0.2, 0.25) is 16.0 Å². The minimum absolute atomic E-state index is 0.0147. The normalized spacial score (nSPS) is 17.3. The van der Waals surface area contributed by atoms with Gasteiger partial charge in [-0.25, -0.2) is 17.7 Å². The largest absolute Gasteiger partial charge is 0.418 e. The monoisotopic (exact) mass is 637 g/mol. The predicted molar refractivity (Wildman–Crippen MR) is 163 cm³/mol. The first-order chi connectivity index (χ1) is 20.4. The lowest BCUT2D eigenvalue weighted by Crippen LogP contribution is -2.46. The van der Waals surface area contributed by atoms with Gasteiger partial charge in [-0.05, 0) is 69.1 Å². The Balaban J connectivity index is 1.35. The minimum atomic E-state index is -4.63. The van der Waals surface area contributed by atoms with Crippen molar-refractivity contribution in [3.8, 4) is 0 Å². The average molecular weight is 638 g/mol. The van der Waals surface area contributed by atoms with Gasteiger partial charge in [0.25, 0.3) is 0 Å². The molecule has 0 radical (unpaired) electrons. The van der Waals surface area contributed by atoms with Gasteiger partial charge in [0.05, 0.1) is 23.1 Å². The lowest BCUT2D eigenvalue weighted by Gasteiger charge is -2.41. The van der Waals surface area contributed by atoms with Crippen LogP contribution in [0.15, 0.2) is 53.6 Å². The van der Waals surface area contributed by atoms with Crippen molar-refractivity contribution in [1.29, 1.82) is 0 Å². The fourth-order valence-electron chi connectivity index (χ4n) is 5.60. The van der Waals surface area contributed by atoms with E-state index in [9.17, 15) is 21.6 Å². The predicted octanol–water partition coefficient (Wildman–Crippen LogP) is 6.34. The number of hydrogen-bond donors (Lipinski definition) is 2. The summed E-state index contributed by atoms with van der Waals surface area (Å²) in [6.07, 6.45) is 2.15. The molecule has 3 aromatic rings. The van der Waals surface area contributed by atoms with Crippen molar-refractivity contribution in [2.75, 3.05) is 55.8 Å². The molecule has 3 heterocycles. The summed E-state index contributed by atoms with van der Waals surface area (Å²) >= 11 is 6.29. The molecule has 2 aliphatic rings. The Labute approximate surface area is 255 Å². The zero-order chi connectivity index (χ0) is 30.8. The molecule has 0 bridgehead atoms. The third-order valence-electron chi connectivity index (χ3n) is 7.93. The molecule has 232 valence electrons. The van der Waals surface area contributed by atoms with Gasteiger partial charge in [0.15, 0.2) is 5.82 Å². The second-order valence-electron chi connectivity index (χ2n) is 11.0. The number of anilines is 5. The highest BCUT2D eigenvalue weighted by Gasteiger charge is 2.35. The molecular formula is C29H35ClF3N7O2S. The number of alkyl halides is 3. The van der Waals surface area contributed by atoms with E-state index in [0.29, 0.717) is 24.8 Å². The van der Waals surface area contributed by atoms with Crippen LogP contribution in [0.2, 0.25) is 5.02 Å². The number of likely N-dealkylation sites (tertiary alicyclic amines) is 1. The number of nitrogens with zero attached hydrogens (tertiary/aromatic N) is 5. The third kappa shape index (κ3) is 7.17. The van der Waals surface area contributed by atoms with Crippen LogP contribution < -0.4 is 15.5 Å². The Morgan fingerprint density at radius 1 is 0.953 bits per heavy atom. The molecule has 2 saturated heterocycles. The van der Waals surface area contributed by atoms with Crippen LogP contribution in [0.4, 0.5) is 42.0 Å². The summed E-state index contributed by atoms with van der Waals surface area (Å²) in [6, 6.07) is 10.9.